The van der Waals surface area contributed by atoms with E-state index in [1.165, 1.54) is 12.1 Å². The summed E-state index contributed by atoms with van der Waals surface area (Å²) in [5.74, 6) is -0.292. The van der Waals surface area contributed by atoms with E-state index in [4.69, 9.17) is 0 Å². The zero-order valence-corrected chi connectivity index (χ0v) is 15.1. The summed E-state index contributed by atoms with van der Waals surface area (Å²) in [7, 11) is 0. The van der Waals surface area contributed by atoms with Crippen LogP contribution in [0.1, 0.15) is 17.5 Å². The van der Waals surface area contributed by atoms with E-state index in [-0.39, 0.29) is 43.5 Å². The fourth-order valence-electron chi connectivity index (χ4n) is 2.32. The molecular formula is C20H21F3N2O3. The number of nitrogens with one attached hydrogen (secondary N) is 2. The summed E-state index contributed by atoms with van der Waals surface area (Å²) in [5.41, 5.74) is 1.62. The van der Waals surface area contributed by atoms with Crippen LogP contribution in [0.15, 0.2) is 54.6 Å². The fraction of sp³-hybridized carbons (Fsp3) is 0.300. The van der Waals surface area contributed by atoms with Crippen LogP contribution in [-0.2, 0) is 22.6 Å². The van der Waals surface area contributed by atoms with Crippen molar-refractivity contribution >= 4 is 11.8 Å². The second kappa shape index (κ2) is 10.3. The molecule has 2 N–H and O–H groups in total. The Hall–Kier alpha value is -3.03. The Labute approximate surface area is 160 Å². The number of carbonyl (C=O) groups excluding carboxylic acids is 2. The molecule has 2 rings (SSSR count). The summed E-state index contributed by atoms with van der Waals surface area (Å²) >= 11 is 0. The van der Waals surface area contributed by atoms with E-state index in [0.29, 0.717) is 0 Å². The number of halogens is 3. The number of alkyl halides is 3. The van der Waals surface area contributed by atoms with Crippen LogP contribution in [0, 0.1) is 0 Å². The second-order valence-electron chi connectivity index (χ2n) is 6.09. The molecule has 2 amide bonds. The monoisotopic (exact) mass is 394 g/mol. The van der Waals surface area contributed by atoms with Gasteiger partial charge in [0.1, 0.15) is 5.75 Å². The van der Waals surface area contributed by atoms with Gasteiger partial charge >= 0.3 is 6.18 Å². The summed E-state index contributed by atoms with van der Waals surface area (Å²) in [6.45, 7) is -0.892. The standard InChI is InChI=1S/C20H21F3N2O3/c21-20(22,23)14-28-17-8-6-16(7-9-17)13-25-18(26)10-11-24-19(27)12-15-4-2-1-3-5-15/h1-9H,10-14H2,(H,24,27)(H,25,26). The summed E-state index contributed by atoms with van der Waals surface area (Å²) in [4.78, 5) is 23.6. The first-order valence-corrected chi connectivity index (χ1v) is 8.67. The number of amides is 2. The molecule has 0 saturated carbocycles. The third-order valence-electron chi connectivity index (χ3n) is 3.70. The Morgan fingerprint density at radius 3 is 2.18 bits per heavy atom. The normalized spacial score (nSPS) is 11.0. The first-order chi connectivity index (χ1) is 13.3. The smallest absolute Gasteiger partial charge is 0.422 e. The summed E-state index contributed by atoms with van der Waals surface area (Å²) in [5, 5.41) is 5.37. The molecule has 0 saturated heterocycles. The topological polar surface area (TPSA) is 67.4 Å². The third kappa shape index (κ3) is 8.57. The van der Waals surface area contributed by atoms with Crippen molar-refractivity contribution in [2.45, 2.75) is 25.6 Å². The number of hydrogen-bond acceptors (Lipinski definition) is 3. The molecule has 0 unspecified atom stereocenters. The van der Waals surface area contributed by atoms with Gasteiger partial charge in [-0.05, 0) is 23.3 Å². The van der Waals surface area contributed by atoms with Gasteiger partial charge in [-0.25, -0.2) is 0 Å². The van der Waals surface area contributed by atoms with Gasteiger partial charge in [-0.15, -0.1) is 0 Å². The van der Waals surface area contributed by atoms with E-state index >= 15 is 0 Å². The van der Waals surface area contributed by atoms with Crippen molar-refractivity contribution < 1.29 is 27.5 Å². The van der Waals surface area contributed by atoms with E-state index in [0.717, 1.165) is 11.1 Å². The van der Waals surface area contributed by atoms with Crippen LogP contribution >= 0.6 is 0 Å². The largest absolute Gasteiger partial charge is 0.484 e. The molecule has 2 aromatic rings. The average Bonchev–Trinajstić information content (AvgIpc) is 2.66. The van der Waals surface area contributed by atoms with E-state index in [1.54, 1.807) is 12.1 Å². The van der Waals surface area contributed by atoms with Crippen molar-refractivity contribution in [1.82, 2.24) is 10.6 Å². The van der Waals surface area contributed by atoms with Crippen LogP contribution in [0.3, 0.4) is 0 Å². The lowest BCUT2D eigenvalue weighted by molar-refractivity contribution is -0.153. The van der Waals surface area contributed by atoms with Crippen molar-refractivity contribution in [2.24, 2.45) is 0 Å². The van der Waals surface area contributed by atoms with Gasteiger partial charge in [0.2, 0.25) is 11.8 Å². The maximum Gasteiger partial charge on any atom is 0.422 e. The Kier molecular flexibility index (Phi) is 7.86. The highest BCUT2D eigenvalue weighted by molar-refractivity contribution is 5.80. The highest BCUT2D eigenvalue weighted by atomic mass is 19.4. The van der Waals surface area contributed by atoms with Gasteiger partial charge in [0.15, 0.2) is 6.61 Å². The lowest BCUT2D eigenvalue weighted by Crippen LogP contribution is -2.31. The predicted octanol–water partition coefficient (Wildman–Crippen LogP) is 2.99. The lowest BCUT2D eigenvalue weighted by Gasteiger charge is -2.10. The van der Waals surface area contributed by atoms with Crippen molar-refractivity contribution in [3.05, 3.63) is 65.7 Å². The molecule has 0 atom stereocenters. The minimum atomic E-state index is -4.39. The summed E-state index contributed by atoms with van der Waals surface area (Å²) < 4.78 is 40.9. The Morgan fingerprint density at radius 1 is 0.857 bits per heavy atom. The zero-order chi connectivity index (χ0) is 20.4. The van der Waals surface area contributed by atoms with E-state index in [1.807, 2.05) is 30.3 Å². The van der Waals surface area contributed by atoms with Crippen LogP contribution < -0.4 is 15.4 Å². The van der Waals surface area contributed by atoms with Crippen molar-refractivity contribution in [3.63, 3.8) is 0 Å². The number of hydrogen-bond donors (Lipinski definition) is 2. The molecule has 0 aliphatic heterocycles. The maximum absolute atomic E-state index is 12.1. The molecule has 0 aliphatic carbocycles. The summed E-state index contributed by atoms with van der Waals surface area (Å²) in [6, 6.07) is 15.3. The van der Waals surface area contributed by atoms with Crippen molar-refractivity contribution in [2.75, 3.05) is 13.2 Å². The minimum absolute atomic E-state index is 0.105. The number of ether oxygens (including phenoxy) is 1. The quantitative estimate of drug-likeness (QED) is 0.687. The predicted molar refractivity (Wildman–Crippen MR) is 97.6 cm³/mol. The SMILES string of the molecule is O=C(CCNC(=O)Cc1ccccc1)NCc1ccc(OCC(F)(F)F)cc1. The van der Waals surface area contributed by atoms with Gasteiger partial charge in [0, 0.05) is 19.5 Å². The maximum atomic E-state index is 12.1. The van der Waals surface area contributed by atoms with Crippen LogP contribution in [0.5, 0.6) is 5.75 Å². The molecule has 0 bridgehead atoms. The highest BCUT2D eigenvalue weighted by Crippen LogP contribution is 2.18. The van der Waals surface area contributed by atoms with E-state index in [2.05, 4.69) is 15.4 Å². The van der Waals surface area contributed by atoms with Gasteiger partial charge in [0.05, 0.1) is 6.42 Å². The van der Waals surface area contributed by atoms with Crippen LogP contribution in [0.25, 0.3) is 0 Å². The molecule has 2 aromatic carbocycles. The van der Waals surface area contributed by atoms with Crippen LogP contribution in [0.4, 0.5) is 13.2 Å². The Balaban J connectivity index is 1.63. The van der Waals surface area contributed by atoms with Crippen LogP contribution in [-0.4, -0.2) is 31.1 Å². The minimum Gasteiger partial charge on any atom is -0.484 e. The number of rotatable bonds is 9. The molecule has 28 heavy (non-hydrogen) atoms. The Bertz CT molecular complexity index is 763. The number of carbonyl (C=O) groups is 2. The fourth-order valence-corrected chi connectivity index (χ4v) is 2.32. The highest BCUT2D eigenvalue weighted by Gasteiger charge is 2.28. The van der Waals surface area contributed by atoms with Crippen LogP contribution in [0.2, 0.25) is 0 Å². The van der Waals surface area contributed by atoms with Gasteiger partial charge in [0.25, 0.3) is 0 Å². The number of benzene rings is 2. The zero-order valence-electron chi connectivity index (χ0n) is 15.1. The molecule has 0 fully saturated rings. The average molecular weight is 394 g/mol. The molecule has 0 aromatic heterocycles. The lowest BCUT2D eigenvalue weighted by atomic mass is 10.1. The Morgan fingerprint density at radius 2 is 1.54 bits per heavy atom. The first kappa shape index (κ1) is 21.3. The van der Waals surface area contributed by atoms with Gasteiger partial charge in [-0.1, -0.05) is 42.5 Å². The first-order valence-electron chi connectivity index (χ1n) is 8.67. The molecule has 0 spiro atoms. The van der Waals surface area contributed by atoms with Crippen molar-refractivity contribution in [1.29, 1.82) is 0 Å². The molecular weight excluding hydrogens is 373 g/mol. The second-order valence-corrected chi connectivity index (χ2v) is 6.09. The van der Waals surface area contributed by atoms with Gasteiger partial charge < -0.3 is 15.4 Å². The third-order valence-corrected chi connectivity index (χ3v) is 3.70. The summed E-state index contributed by atoms with van der Waals surface area (Å²) in [6.07, 6.45) is -4.00. The molecule has 0 heterocycles. The van der Waals surface area contributed by atoms with E-state index in [9.17, 15) is 22.8 Å². The molecule has 5 nitrogen and oxygen atoms in total. The molecule has 8 heteroatoms. The van der Waals surface area contributed by atoms with Gasteiger partial charge in [-0.3, -0.25) is 9.59 Å². The molecule has 0 radical (unpaired) electrons. The molecule has 150 valence electrons. The van der Waals surface area contributed by atoms with Gasteiger partial charge in [-0.2, -0.15) is 13.2 Å². The van der Waals surface area contributed by atoms with E-state index < -0.39 is 12.8 Å². The van der Waals surface area contributed by atoms with Crippen molar-refractivity contribution in [3.8, 4) is 5.75 Å². The molecule has 0 aliphatic rings.